The van der Waals surface area contributed by atoms with Gasteiger partial charge in [0.2, 0.25) is 0 Å². The lowest BCUT2D eigenvalue weighted by Gasteiger charge is -2.37. The summed E-state index contributed by atoms with van der Waals surface area (Å²) in [6, 6.07) is 4.01. The first-order valence-electron chi connectivity index (χ1n) is 7.70. The number of thiazole rings is 1. The van der Waals surface area contributed by atoms with Gasteiger partial charge in [-0.3, -0.25) is 4.79 Å². The van der Waals surface area contributed by atoms with Crippen molar-refractivity contribution in [2.75, 3.05) is 33.4 Å². The molecule has 2 aromatic heterocycles. The molecule has 0 spiro atoms. The molecule has 0 bridgehead atoms. The van der Waals surface area contributed by atoms with E-state index < -0.39 is 0 Å². The van der Waals surface area contributed by atoms with E-state index in [0.717, 1.165) is 35.8 Å². The van der Waals surface area contributed by atoms with Crippen LogP contribution in [-0.2, 0) is 4.74 Å². The van der Waals surface area contributed by atoms with Crippen LogP contribution >= 0.6 is 47.5 Å². The number of aromatic nitrogens is 1. The van der Waals surface area contributed by atoms with Crippen molar-refractivity contribution in [1.82, 2.24) is 15.6 Å². The monoisotopic (exact) mass is 423 g/mol. The number of methoxy groups -OCH3 is 1. The molecule has 1 fully saturated rings. The maximum atomic E-state index is 12.4. The Kier molecular flexibility index (Phi) is 9.34. The van der Waals surface area contributed by atoms with Gasteiger partial charge in [0.25, 0.3) is 5.91 Å². The topological polar surface area (TPSA) is 63.2 Å². The van der Waals surface area contributed by atoms with E-state index >= 15 is 0 Å². The second-order valence-corrected chi connectivity index (χ2v) is 7.69. The molecule has 0 saturated carbocycles. The highest BCUT2D eigenvalue weighted by atomic mass is 35.5. The van der Waals surface area contributed by atoms with Gasteiger partial charge in [-0.05, 0) is 37.4 Å². The van der Waals surface area contributed by atoms with E-state index in [2.05, 4.69) is 15.6 Å². The number of halogens is 2. The fourth-order valence-electron chi connectivity index (χ4n) is 2.89. The van der Waals surface area contributed by atoms with Gasteiger partial charge < -0.3 is 15.4 Å². The fraction of sp³-hybridized carbons (Fsp3) is 0.500. The predicted molar refractivity (Wildman–Crippen MR) is 109 cm³/mol. The van der Waals surface area contributed by atoms with E-state index in [9.17, 15) is 4.79 Å². The Hall–Kier alpha value is -0.700. The molecule has 2 N–H and O–H groups in total. The normalized spacial score (nSPS) is 15.7. The number of thiophene rings is 1. The summed E-state index contributed by atoms with van der Waals surface area (Å²) in [5, 5.41) is 11.2. The number of carbonyl (C=O) groups is 1. The summed E-state index contributed by atoms with van der Waals surface area (Å²) in [6.45, 7) is 3.25. The van der Waals surface area contributed by atoms with Crippen molar-refractivity contribution in [1.29, 1.82) is 0 Å². The molecule has 140 valence electrons. The summed E-state index contributed by atoms with van der Waals surface area (Å²) >= 11 is 3.15. The van der Waals surface area contributed by atoms with Crippen LogP contribution in [0.1, 0.15) is 23.3 Å². The molecule has 1 saturated heterocycles. The Morgan fingerprint density at radius 1 is 1.36 bits per heavy atom. The van der Waals surface area contributed by atoms with Crippen LogP contribution in [0.2, 0.25) is 0 Å². The number of nitrogens with zero attached hydrogens (tertiary/aromatic N) is 1. The van der Waals surface area contributed by atoms with Crippen LogP contribution in [0.25, 0.3) is 9.88 Å². The zero-order valence-corrected chi connectivity index (χ0v) is 17.2. The van der Waals surface area contributed by atoms with Gasteiger partial charge >= 0.3 is 0 Å². The van der Waals surface area contributed by atoms with Crippen molar-refractivity contribution < 1.29 is 9.53 Å². The highest BCUT2D eigenvalue weighted by molar-refractivity contribution is 7.20. The smallest absolute Gasteiger partial charge is 0.270 e. The molecule has 0 radical (unpaired) electrons. The van der Waals surface area contributed by atoms with Crippen molar-refractivity contribution in [3.8, 4) is 9.88 Å². The second kappa shape index (κ2) is 10.4. The van der Waals surface area contributed by atoms with Crippen LogP contribution in [0.4, 0.5) is 0 Å². The SMILES string of the molecule is COCC1(CNC(=O)c2csc(-c3cccs3)n2)CCNCC1.Cl.Cl. The van der Waals surface area contributed by atoms with Gasteiger partial charge in [0, 0.05) is 24.4 Å². The van der Waals surface area contributed by atoms with Crippen molar-refractivity contribution in [2.24, 2.45) is 5.41 Å². The van der Waals surface area contributed by atoms with Crippen LogP contribution in [0, 0.1) is 5.41 Å². The van der Waals surface area contributed by atoms with Crippen LogP contribution in [0.15, 0.2) is 22.9 Å². The Morgan fingerprint density at radius 3 is 2.76 bits per heavy atom. The fourth-order valence-corrected chi connectivity index (χ4v) is 4.50. The zero-order chi connectivity index (χ0) is 16.1. The summed E-state index contributed by atoms with van der Waals surface area (Å²) in [6.07, 6.45) is 2.03. The Bertz CT molecular complexity index is 638. The number of rotatable bonds is 6. The molecule has 0 atom stereocenters. The second-order valence-electron chi connectivity index (χ2n) is 5.88. The maximum Gasteiger partial charge on any atom is 0.270 e. The first-order chi connectivity index (χ1) is 11.2. The minimum atomic E-state index is -0.0990. The summed E-state index contributed by atoms with van der Waals surface area (Å²) < 4.78 is 5.38. The number of piperidine rings is 1. The minimum absolute atomic E-state index is 0. The number of carbonyl (C=O) groups excluding carboxylic acids is 1. The van der Waals surface area contributed by atoms with Gasteiger partial charge in [-0.15, -0.1) is 47.5 Å². The Balaban J connectivity index is 0.00000156. The van der Waals surface area contributed by atoms with Gasteiger partial charge in [0.05, 0.1) is 11.5 Å². The third-order valence-electron chi connectivity index (χ3n) is 4.21. The molecule has 1 aliphatic rings. The first-order valence-corrected chi connectivity index (χ1v) is 9.46. The molecule has 0 unspecified atom stereocenters. The van der Waals surface area contributed by atoms with Crippen LogP contribution < -0.4 is 10.6 Å². The standard InChI is InChI=1S/C16H21N3O2S2.2ClH/c1-21-11-16(4-6-17-7-5-16)10-18-14(20)12-9-23-15(19-12)13-3-2-8-22-13;;/h2-3,8-9,17H,4-7,10-11H2,1H3,(H,18,20);2*1H. The van der Waals surface area contributed by atoms with E-state index in [4.69, 9.17) is 4.74 Å². The number of hydrogen-bond acceptors (Lipinski definition) is 6. The molecule has 0 aromatic carbocycles. The largest absolute Gasteiger partial charge is 0.384 e. The van der Waals surface area contributed by atoms with Gasteiger partial charge in [-0.2, -0.15) is 0 Å². The Morgan fingerprint density at radius 2 is 2.12 bits per heavy atom. The van der Waals surface area contributed by atoms with Gasteiger partial charge in [0.15, 0.2) is 0 Å². The highest BCUT2D eigenvalue weighted by Gasteiger charge is 2.32. The van der Waals surface area contributed by atoms with Crippen molar-refractivity contribution in [3.05, 3.63) is 28.6 Å². The minimum Gasteiger partial charge on any atom is -0.384 e. The molecule has 9 heteroatoms. The lowest BCUT2D eigenvalue weighted by Crippen LogP contribution is -2.47. The molecular weight excluding hydrogens is 401 g/mol. The predicted octanol–water partition coefficient (Wildman–Crippen LogP) is 3.46. The van der Waals surface area contributed by atoms with Crippen LogP contribution in [0.5, 0.6) is 0 Å². The number of amides is 1. The number of ether oxygens (including phenoxy) is 1. The summed E-state index contributed by atoms with van der Waals surface area (Å²) in [5.74, 6) is -0.0990. The molecule has 1 amide bonds. The lowest BCUT2D eigenvalue weighted by molar-refractivity contribution is 0.0511. The van der Waals surface area contributed by atoms with Crippen LogP contribution in [-0.4, -0.2) is 44.2 Å². The first kappa shape index (κ1) is 22.3. The molecule has 3 rings (SSSR count). The number of hydrogen-bond donors (Lipinski definition) is 2. The summed E-state index contributed by atoms with van der Waals surface area (Å²) in [5.41, 5.74) is 0.530. The van der Waals surface area contributed by atoms with Crippen molar-refractivity contribution in [3.63, 3.8) is 0 Å². The molecular formula is C16H23Cl2N3O2S2. The van der Waals surface area contributed by atoms with Gasteiger partial charge in [-0.25, -0.2) is 4.98 Å². The van der Waals surface area contributed by atoms with Crippen LogP contribution in [0.3, 0.4) is 0 Å². The van der Waals surface area contributed by atoms with Gasteiger partial charge in [0.1, 0.15) is 10.7 Å². The van der Waals surface area contributed by atoms with E-state index in [0.29, 0.717) is 18.8 Å². The quantitative estimate of drug-likeness (QED) is 0.746. The summed E-state index contributed by atoms with van der Waals surface area (Å²) in [4.78, 5) is 18.0. The zero-order valence-electron chi connectivity index (χ0n) is 13.9. The van der Waals surface area contributed by atoms with E-state index in [1.807, 2.05) is 22.9 Å². The van der Waals surface area contributed by atoms with Crippen molar-refractivity contribution >= 4 is 53.4 Å². The molecule has 2 aromatic rings. The third kappa shape index (κ3) is 5.64. The van der Waals surface area contributed by atoms with E-state index in [1.165, 1.54) is 11.3 Å². The molecule has 1 aliphatic heterocycles. The maximum absolute atomic E-state index is 12.4. The molecule has 0 aliphatic carbocycles. The van der Waals surface area contributed by atoms with E-state index in [-0.39, 0.29) is 36.1 Å². The molecule has 5 nitrogen and oxygen atoms in total. The molecule has 3 heterocycles. The van der Waals surface area contributed by atoms with Gasteiger partial charge in [-0.1, -0.05) is 6.07 Å². The number of nitrogens with one attached hydrogen (secondary N) is 2. The third-order valence-corrected chi connectivity index (χ3v) is 6.09. The average molecular weight is 424 g/mol. The summed E-state index contributed by atoms with van der Waals surface area (Å²) in [7, 11) is 1.72. The van der Waals surface area contributed by atoms with E-state index in [1.54, 1.807) is 18.4 Å². The average Bonchev–Trinajstić information content (AvgIpc) is 3.25. The lowest BCUT2D eigenvalue weighted by atomic mass is 9.79. The Labute approximate surface area is 168 Å². The highest BCUT2D eigenvalue weighted by Crippen LogP contribution is 2.29. The van der Waals surface area contributed by atoms with Crippen molar-refractivity contribution in [2.45, 2.75) is 12.8 Å². The molecule has 25 heavy (non-hydrogen) atoms.